The summed E-state index contributed by atoms with van der Waals surface area (Å²) in [4.78, 5) is 22.9. The lowest BCUT2D eigenvalue weighted by atomic mass is 9.79. The fourth-order valence-corrected chi connectivity index (χ4v) is 3.31. The van der Waals surface area contributed by atoms with Gasteiger partial charge in [-0.1, -0.05) is 6.42 Å². The molecule has 0 heterocycles. The predicted octanol–water partition coefficient (Wildman–Crippen LogP) is 1.95. The van der Waals surface area contributed by atoms with Crippen molar-refractivity contribution in [3.63, 3.8) is 0 Å². The highest BCUT2D eigenvalue weighted by Crippen LogP contribution is 2.33. The van der Waals surface area contributed by atoms with Gasteiger partial charge >= 0.3 is 5.97 Å². The van der Waals surface area contributed by atoms with Crippen molar-refractivity contribution in [1.29, 1.82) is 0 Å². The van der Waals surface area contributed by atoms with Gasteiger partial charge in [-0.05, 0) is 44.9 Å². The highest BCUT2D eigenvalue weighted by atomic mass is 16.5. The average Bonchev–Trinajstić information content (AvgIpc) is 2.36. The van der Waals surface area contributed by atoms with E-state index in [9.17, 15) is 9.59 Å². The van der Waals surface area contributed by atoms with Gasteiger partial charge in [-0.25, -0.2) is 0 Å². The van der Waals surface area contributed by atoms with Gasteiger partial charge < -0.3 is 15.2 Å². The van der Waals surface area contributed by atoms with Crippen LogP contribution in [-0.2, 0) is 14.3 Å². The molecule has 2 atom stereocenters. The summed E-state index contributed by atoms with van der Waals surface area (Å²) in [5.74, 6) is -0.519. The quantitative estimate of drug-likeness (QED) is 0.781. The fourth-order valence-electron chi connectivity index (χ4n) is 3.31. The van der Waals surface area contributed by atoms with Crippen LogP contribution in [0.1, 0.15) is 51.9 Å². The zero-order valence-electron chi connectivity index (χ0n) is 12.1. The zero-order valence-corrected chi connectivity index (χ0v) is 12.1. The topological polar surface area (TPSA) is 75.6 Å². The van der Waals surface area contributed by atoms with Crippen LogP contribution in [0.3, 0.4) is 0 Å². The molecule has 0 aromatic carbocycles. The molecule has 2 fully saturated rings. The van der Waals surface area contributed by atoms with Crippen LogP contribution in [0.4, 0.5) is 0 Å². The number of nitrogens with one attached hydrogen (secondary N) is 1. The number of carbonyl (C=O) groups excluding carboxylic acids is 1. The second-order valence-electron chi connectivity index (χ2n) is 6.09. The first-order chi connectivity index (χ1) is 9.58. The third-order valence-electron chi connectivity index (χ3n) is 4.46. The Balaban J connectivity index is 1.66. The lowest BCUT2D eigenvalue weighted by Gasteiger charge is -2.35. The van der Waals surface area contributed by atoms with Gasteiger partial charge in [-0.15, -0.1) is 0 Å². The summed E-state index contributed by atoms with van der Waals surface area (Å²) in [5, 5.41) is 12.0. The highest BCUT2D eigenvalue weighted by molar-refractivity contribution is 5.77. The number of amides is 1. The number of rotatable bonds is 6. The Kier molecular flexibility index (Phi) is 5.40. The Morgan fingerprint density at radius 2 is 2.00 bits per heavy atom. The van der Waals surface area contributed by atoms with Crippen molar-refractivity contribution >= 4 is 11.9 Å². The molecule has 2 saturated carbocycles. The molecule has 0 aliphatic heterocycles. The second-order valence-corrected chi connectivity index (χ2v) is 6.09. The number of hydrogen-bond acceptors (Lipinski definition) is 3. The number of ether oxygens (including phenoxy) is 1. The number of carboxylic acid groups (broad SMARTS) is 1. The van der Waals surface area contributed by atoms with Crippen LogP contribution in [0.2, 0.25) is 0 Å². The number of hydrogen-bond donors (Lipinski definition) is 2. The molecule has 0 radical (unpaired) electrons. The maximum absolute atomic E-state index is 12.0. The summed E-state index contributed by atoms with van der Waals surface area (Å²) in [6, 6.07) is 0.0418. The zero-order chi connectivity index (χ0) is 14.5. The van der Waals surface area contributed by atoms with E-state index in [1.807, 2.05) is 6.92 Å². The largest absolute Gasteiger partial charge is 0.481 e. The average molecular weight is 283 g/mol. The van der Waals surface area contributed by atoms with Crippen LogP contribution < -0.4 is 5.32 Å². The van der Waals surface area contributed by atoms with Crippen LogP contribution in [-0.4, -0.2) is 35.7 Å². The highest BCUT2D eigenvalue weighted by Gasteiger charge is 2.32. The second kappa shape index (κ2) is 7.07. The van der Waals surface area contributed by atoms with Crippen molar-refractivity contribution in [2.45, 2.75) is 64.0 Å². The Hall–Kier alpha value is -1.10. The molecule has 0 saturated heterocycles. The van der Waals surface area contributed by atoms with E-state index in [2.05, 4.69) is 5.32 Å². The maximum Gasteiger partial charge on any atom is 0.306 e. The van der Waals surface area contributed by atoms with E-state index in [1.54, 1.807) is 0 Å². The first kappa shape index (κ1) is 15.3. The molecule has 2 aliphatic carbocycles. The van der Waals surface area contributed by atoms with Crippen LogP contribution in [0, 0.1) is 11.8 Å². The van der Waals surface area contributed by atoms with Crippen molar-refractivity contribution in [3.8, 4) is 0 Å². The van der Waals surface area contributed by atoms with Gasteiger partial charge in [0.2, 0.25) is 5.91 Å². The van der Waals surface area contributed by atoms with Crippen molar-refractivity contribution in [2.75, 3.05) is 6.61 Å². The molecule has 0 spiro atoms. The molecular formula is C15H25NO4. The first-order valence-electron chi connectivity index (χ1n) is 7.72. The van der Waals surface area contributed by atoms with Gasteiger partial charge in [0.25, 0.3) is 0 Å². The maximum atomic E-state index is 12.0. The summed E-state index contributed by atoms with van der Waals surface area (Å²) in [6.45, 7) is 2.73. The predicted molar refractivity (Wildman–Crippen MR) is 74.3 cm³/mol. The Morgan fingerprint density at radius 3 is 2.65 bits per heavy atom. The minimum atomic E-state index is -0.734. The van der Waals surface area contributed by atoms with E-state index in [1.165, 1.54) is 0 Å². The molecule has 114 valence electrons. The smallest absolute Gasteiger partial charge is 0.306 e. The van der Waals surface area contributed by atoms with Crippen molar-refractivity contribution in [2.24, 2.45) is 11.8 Å². The molecule has 2 aliphatic rings. The lowest BCUT2D eigenvalue weighted by molar-refractivity contribution is -0.143. The van der Waals surface area contributed by atoms with E-state index < -0.39 is 5.97 Å². The minimum Gasteiger partial charge on any atom is -0.481 e. The third kappa shape index (κ3) is 4.20. The molecule has 0 aromatic heterocycles. The third-order valence-corrected chi connectivity index (χ3v) is 4.46. The van der Waals surface area contributed by atoms with E-state index in [-0.39, 0.29) is 17.9 Å². The minimum absolute atomic E-state index is 0.0418. The molecule has 2 N–H and O–H groups in total. The van der Waals surface area contributed by atoms with Crippen LogP contribution in [0.25, 0.3) is 0 Å². The van der Waals surface area contributed by atoms with E-state index in [4.69, 9.17) is 9.84 Å². The molecule has 0 bridgehead atoms. The summed E-state index contributed by atoms with van der Waals surface area (Å²) in [7, 11) is 0. The van der Waals surface area contributed by atoms with Crippen molar-refractivity contribution < 1.29 is 19.4 Å². The van der Waals surface area contributed by atoms with Gasteiger partial charge in [0.05, 0.1) is 12.0 Å². The van der Waals surface area contributed by atoms with Gasteiger partial charge in [0.15, 0.2) is 0 Å². The fraction of sp³-hybridized carbons (Fsp3) is 0.867. The van der Waals surface area contributed by atoms with Gasteiger partial charge in [-0.3, -0.25) is 9.59 Å². The normalized spacial score (nSPS) is 33.2. The van der Waals surface area contributed by atoms with Crippen molar-refractivity contribution in [3.05, 3.63) is 0 Å². The van der Waals surface area contributed by atoms with E-state index in [0.717, 1.165) is 38.7 Å². The van der Waals surface area contributed by atoms with Crippen LogP contribution >= 0.6 is 0 Å². The molecule has 2 unspecified atom stereocenters. The lowest BCUT2D eigenvalue weighted by Crippen LogP contribution is -2.42. The Morgan fingerprint density at radius 1 is 1.25 bits per heavy atom. The van der Waals surface area contributed by atoms with E-state index in [0.29, 0.717) is 24.9 Å². The van der Waals surface area contributed by atoms with Crippen LogP contribution in [0.15, 0.2) is 0 Å². The summed E-state index contributed by atoms with van der Waals surface area (Å²) < 4.78 is 5.48. The van der Waals surface area contributed by atoms with Crippen LogP contribution in [0.5, 0.6) is 0 Å². The molecule has 20 heavy (non-hydrogen) atoms. The molecule has 5 nitrogen and oxygen atoms in total. The number of aliphatic carboxylic acids is 1. The summed E-state index contributed by atoms with van der Waals surface area (Å²) >= 11 is 0. The monoisotopic (exact) mass is 283 g/mol. The molecule has 2 rings (SSSR count). The number of carbonyl (C=O) groups is 2. The molecule has 1 amide bonds. The Bertz CT molecular complexity index is 352. The van der Waals surface area contributed by atoms with Gasteiger partial charge in [0.1, 0.15) is 0 Å². The standard InChI is InChI=1S/C15H25NO4/c1-2-20-13-6-10(7-13)8-14(17)16-12-5-3-4-11(9-12)15(18)19/h10-13H,2-9H2,1H3,(H,16,17)(H,18,19). The van der Waals surface area contributed by atoms with Gasteiger partial charge in [0, 0.05) is 19.1 Å². The van der Waals surface area contributed by atoms with Gasteiger partial charge in [-0.2, -0.15) is 0 Å². The molecular weight excluding hydrogens is 258 g/mol. The number of carboxylic acids is 1. The summed E-state index contributed by atoms with van der Waals surface area (Å²) in [6.07, 6.45) is 5.95. The molecule has 5 heteroatoms. The first-order valence-corrected chi connectivity index (χ1v) is 7.72. The Labute approximate surface area is 120 Å². The molecule has 0 aromatic rings. The summed E-state index contributed by atoms with van der Waals surface area (Å²) in [5.41, 5.74) is 0. The van der Waals surface area contributed by atoms with E-state index >= 15 is 0 Å². The van der Waals surface area contributed by atoms with Crippen molar-refractivity contribution in [1.82, 2.24) is 5.32 Å². The SMILES string of the molecule is CCOC1CC(CC(=O)NC2CCCC(C(=O)O)C2)C1.